The van der Waals surface area contributed by atoms with E-state index in [1.807, 2.05) is 13.0 Å². The number of fused-ring (bicyclic) bond motifs is 2. The van der Waals surface area contributed by atoms with Gasteiger partial charge < -0.3 is 23.5 Å². The normalized spacial score (nSPS) is 13.0. The van der Waals surface area contributed by atoms with E-state index < -0.39 is 6.09 Å². The van der Waals surface area contributed by atoms with Gasteiger partial charge in [-0.05, 0) is 35.7 Å². The van der Waals surface area contributed by atoms with E-state index in [0.717, 1.165) is 12.0 Å². The highest BCUT2D eigenvalue weighted by Crippen LogP contribution is 2.34. The second kappa shape index (κ2) is 8.10. The SMILES string of the molecule is CCc1cc2c(=O)c(-c3ccc4c(c3)OCCCO4)coc2cc1OC(=O)N(C)C. The minimum atomic E-state index is -0.491. The van der Waals surface area contributed by atoms with Crippen LogP contribution in [0.25, 0.3) is 22.1 Å². The Morgan fingerprint density at radius 3 is 2.60 bits per heavy atom. The van der Waals surface area contributed by atoms with Crippen LogP contribution in [0.3, 0.4) is 0 Å². The van der Waals surface area contributed by atoms with Gasteiger partial charge in [-0.2, -0.15) is 0 Å². The van der Waals surface area contributed by atoms with Crippen LogP contribution in [0.5, 0.6) is 17.2 Å². The first-order valence-electron chi connectivity index (χ1n) is 9.85. The molecule has 0 atom stereocenters. The zero-order valence-corrected chi connectivity index (χ0v) is 17.2. The van der Waals surface area contributed by atoms with Crippen LogP contribution in [0.4, 0.5) is 4.79 Å². The van der Waals surface area contributed by atoms with Crippen molar-refractivity contribution in [2.45, 2.75) is 19.8 Å². The van der Waals surface area contributed by atoms with Gasteiger partial charge in [-0.25, -0.2) is 4.79 Å². The lowest BCUT2D eigenvalue weighted by Gasteiger charge is -2.14. The molecule has 156 valence electrons. The maximum absolute atomic E-state index is 13.2. The van der Waals surface area contributed by atoms with E-state index in [4.69, 9.17) is 18.6 Å². The number of aryl methyl sites for hydroxylation is 1. The van der Waals surface area contributed by atoms with Gasteiger partial charge >= 0.3 is 6.09 Å². The number of hydrogen-bond acceptors (Lipinski definition) is 6. The number of nitrogens with zero attached hydrogens (tertiary/aromatic N) is 1. The Labute approximate surface area is 173 Å². The fourth-order valence-electron chi connectivity index (χ4n) is 3.29. The molecule has 0 saturated carbocycles. The number of amides is 1. The van der Waals surface area contributed by atoms with Gasteiger partial charge in [-0.3, -0.25) is 4.79 Å². The average molecular weight is 409 g/mol. The van der Waals surface area contributed by atoms with Crippen LogP contribution in [0.2, 0.25) is 0 Å². The summed E-state index contributed by atoms with van der Waals surface area (Å²) in [6.07, 6.45) is 2.34. The Kier molecular flexibility index (Phi) is 5.35. The van der Waals surface area contributed by atoms with E-state index in [1.165, 1.54) is 11.2 Å². The lowest BCUT2D eigenvalue weighted by Crippen LogP contribution is -2.25. The summed E-state index contributed by atoms with van der Waals surface area (Å²) in [5.74, 6) is 1.67. The molecule has 1 aromatic heterocycles. The summed E-state index contributed by atoms with van der Waals surface area (Å²) < 4.78 is 22.6. The first kappa shape index (κ1) is 19.8. The van der Waals surface area contributed by atoms with E-state index in [1.54, 1.807) is 38.4 Å². The molecule has 2 heterocycles. The Morgan fingerprint density at radius 1 is 1.10 bits per heavy atom. The van der Waals surface area contributed by atoms with Gasteiger partial charge in [-0.15, -0.1) is 0 Å². The Balaban J connectivity index is 1.78. The lowest BCUT2D eigenvalue weighted by molar-refractivity contribution is 0.171. The molecule has 0 radical (unpaired) electrons. The van der Waals surface area contributed by atoms with Gasteiger partial charge in [0.25, 0.3) is 0 Å². The zero-order chi connectivity index (χ0) is 21.3. The van der Waals surface area contributed by atoms with Crippen molar-refractivity contribution in [1.29, 1.82) is 0 Å². The van der Waals surface area contributed by atoms with Gasteiger partial charge in [-0.1, -0.05) is 13.0 Å². The average Bonchev–Trinajstić information content (AvgIpc) is 2.98. The van der Waals surface area contributed by atoms with Gasteiger partial charge in [0.15, 0.2) is 11.5 Å². The van der Waals surface area contributed by atoms with Crippen LogP contribution < -0.4 is 19.6 Å². The molecule has 0 fully saturated rings. The summed E-state index contributed by atoms with van der Waals surface area (Å²) in [6, 6.07) is 8.74. The fraction of sp³-hybridized carbons (Fsp3) is 0.304. The van der Waals surface area contributed by atoms with Gasteiger partial charge in [0.05, 0.1) is 24.2 Å². The molecule has 0 aliphatic carbocycles. The monoisotopic (exact) mass is 409 g/mol. The predicted molar refractivity (Wildman–Crippen MR) is 113 cm³/mol. The topological polar surface area (TPSA) is 78.2 Å². The highest BCUT2D eigenvalue weighted by Gasteiger charge is 2.17. The molecule has 0 bridgehead atoms. The van der Waals surface area contributed by atoms with Crippen LogP contribution in [-0.4, -0.2) is 38.3 Å². The molecule has 1 aliphatic heterocycles. The second-order valence-electron chi connectivity index (χ2n) is 7.26. The van der Waals surface area contributed by atoms with Gasteiger partial charge in [0.1, 0.15) is 17.6 Å². The van der Waals surface area contributed by atoms with Crippen molar-refractivity contribution in [3.63, 3.8) is 0 Å². The van der Waals surface area contributed by atoms with Crippen molar-refractivity contribution in [1.82, 2.24) is 4.90 Å². The van der Waals surface area contributed by atoms with Crippen molar-refractivity contribution in [2.75, 3.05) is 27.3 Å². The standard InChI is InChI=1S/C23H23NO6/c1-4-14-10-16-20(12-19(14)30-23(26)24(2)3)29-13-17(22(16)25)15-6-7-18-21(11-15)28-9-5-8-27-18/h6-7,10-13H,4-5,8-9H2,1-3H3. The first-order valence-corrected chi connectivity index (χ1v) is 9.85. The molecule has 0 saturated heterocycles. The number of ether oxygens (including phenoxy) is 3. The summed E-state index contributed by atoms with van der Waals surface area (Å²) >= 11 is 0. The molecule has 1 amide bonds. The third kappa shape index (κ3) is 3.70. The molecular weight excluding hydrogens is 386 g/mol. The van der Waals surface area contributed by atoms with Crippen molar-refractivity contribution < 1.29 is 23.4 Å². The number of carbonyl (C=O) groups excluding carboxylic acids is 1. The van der Waals surface area contributed by atoms with Crippen LogP contribution in [0, 0.1) is 0 Å². The van der Waals surface area contributed by atoms with Crippen molar-refractivity contribution >= 4 is 17.1 Å². The molecule has 4 rings (SSSR count). The summed E-state index contributed by atoms with van der Waals surface area (Å²) in [7, 11) is 3.22. The molecule has 30 heavy (non-hydrogen) atoms. The van der Waals surface area contributed by atoms with E-state index in [2.05, 4.69) is 0 Å². The molecule has 0 spiro atoms. The molecule has 0 N–H and O–H groups in total. The Hall–Kier alpha value is -3.48. The third-order valence-corrected chi connectivity index (χ3v) is 4.96. The third-order valence-electron chi connectivity index (χ3n) is 4.96. The number of benzene rings is 2. The van der Waals surface area contributed by atoms with Crippen LogP contribution >= 0.6 is 0 Å². The molecular formula is C23H23NO6. The van der Waals surface area contributed by atoms with E-state index >= 15 is 0 Å². The first-order chi connectivity index (χ1) is 14.5. The summed E-state index contributed by atoms with van der Waals surface area (Å²) in [4.78, 5) is 26.5. The highest BCUT2D eigenvalue weighted by atomic mass is 16.6. The number of rotatable bonds is 3. The Bertz CT molecular complexity index is 1160. The van der Waals surface area contributed by atoms with Crippen molar-refractivity contribution in [2.24, 2.45) is 0 Å². The van der Waals surface area contributed by atoms with Gasteiger partial charge in [0, 0.05) is 26.6 Å². The quantitative estimate of drug-likeness (QED) is 0.644. The molecule has 7 heteroatoms. The van der Waals surface area contributed by atoms with E-state index in [-0.39, 0.29) is 5.43 Å². The molecule has 0 unspecified atom stereocenters. The van der Waals surface area contributed by atoms with Crippen molar-refractivity contribution in [3.05, 3.63) is 52.4 Å². The van der Waals surface area contributed by atoms with Crippen LogP contribution in [-0.2, 0) is 6.42 Å². The maximum atomic E-state index is 13.2. The number of hydrogen-bond donors (Lipinski definition) is 0. The molecule has 3 aromatic rings. The zero-order valence-electron chi connectivity index (χ0n) is 17.2. The smallest absolute Gasteiger partial charge is 0.414 e. The molecule has 7 nitrogen and oxygen atoms in total. The summed E-state index contributed by atoms with van der Waals surface area (Å²) in [5, 5.41) is 0.432. The lowest BCUT2D eigenvalue weighted by atomic mass is 10.0. The fourth-order valence-corrected chi connectivity index (χ4v) is 3.29. The molecule has 2 aromatic carbocycles. The summed E-state index contributed by atoms with van der Waals surface area (Å²) in [5.41, 5.74) is 2.07. The minimum absolute atomic E-state index is 0.161. The predicted octanol–water partition coefficient (Wildman–Crippen LogP) is 4.24. The van der Waals surface area contributed by atoms with E-state index in [9.17, 15) is 9.59 Å². The van der Waals surface area contributed by atoms with Crippen molar-refractivity contribution in [3.8, 4) is 28.4 Å². The largest absolute Gasteiger partial charge is 0.490 e. The van der Waals surface area contributed by atoms with Crippen LogP contribution in [0.1, 0.15) is 18.9 Å². The Morgan fingerprint density at radius 2 is 1.87 bits per heavy atom. The minimum Gasteiger partial charge on any atom is -0.490 e. The molecule has 1 aliphatic rings. The maximum Gasteiger partial charge on any atom is 0.414 e. The second-order valence-corrected chi connectivity index (χ2v) is 7.26. The van der Waals surface area contributed by atoms with Crippen LogP contribution in [0.15, 0.2) is 45.8 Å². The van der Waals surface area contributed by atoms with E-state index in [0.29, 0.717) is 59.0 Å². The van der Waals surface area contributed by atoms with Gasteiger partial charge in [0.2, 0.25) is 5.43 Å². The summed E-state index contributed by atoms with van der Waals surface area (Å²) in [6.45, 7) is 3.10. The number of carbonyl (C=O) groups is 1. The highest BCUT2D eigenvalue weighted by molar-refractivity contribution is 5.85.